The van der Waals surface area contributed by atoms with E-state index in [-0.39, 0.29) is 32.4 Å². The van der Waals surface area contributed by atoms with Crippen LogP contribution < -0.4 is 5.32 Å². The maximum Gasteiger partial charge on any atom is 0.241 e. The minimum Gasteiger partial charge on any atom is -0.391 e. The van der Waals surface area contributed by atoms with Crippen LogP contribution in [0.5, 0.6) is 0 Å². The van der Waals surface area contributed by atoms with Gasteiger partial charge < -0.3 is 10.4 Å². The number of carbonyl (C=O) groups excluding carboxylic acids is 1. The first kappa shape index (κ1) is 16.8. The predicted octanol–water partition coefficient (Wildman–Crippen LogP) is 2.06. The molecule has 1 fully saturated rings. The molecular weight excluding hydrogens is 361 g/mol. The second kappa shape index (κ2) is 5.93. The first-order valence-electron chi connectivity index (χ1n) is 6.01. The normalized spacial score (nSPS) is 26.5. The number of aliphatic hydroxyl groups is 1. The molecular formula is C12H12Cl3NO4S. The summed E-state index contributed by atoms with van der Waals surface area (Å²) in [6, 6.07) is 1.97. The molecule has 116 valence electrons. The molecule has 0 radical (unpaired) electrons. The van der Waals surface area contributed by atoms with E-state index in [0.29, 0.717) is 0 Å². The highest BCUT2D eigenvalue weighted by Gasteiger charge is 2.44. The van der Waals surface area contributed by atoms with Gasteiger partial charge in [-0.25, -0.2) is 8.42 Å². The minimum absolute atomic E-state index is 0.00119. The summed E-state index contributed by atoms with van der Waals surface area (Å²) in [6.45, 7) is 1.68. The van der Waals surface area contributed by atoms with Crippen molar-refractivity contribution in [1.82, 2.24) is 5.32 Å². The highest BCUT2D eigenvalue weighted by molar-refractivity contribution is 7.93. The van der Waals surface area contributed by atoms with Crippen molar-refractivity contribution in [1.29, 1.82) is 0 Å². The summed E-state index contributed by atoms with van der Waals surface area (Å²) in [6.07, 6.45) is -1.18. The van der Waals surface area contributed by atoms with E-state index in [2.05, 4.69) is 5.32 Å². The van der Waals surface area contributed by atoms with Gasteiger partial charge in [-0.05, 0) is 25.5 Å². The molecule has 0 spiro atoms. The maximum atomic E-state index is 12.6. The molecule has 1 saturated heterocycles. The van der Waals surface area contributed by atoms with E-state index in [4.69, 9.17) is 34.8 Å². The number of sulfone groups is 1. The zero-order valence-electron chi connectivity index (χ0n) is 10.8. The summed E-state index contributed by atoms with van der Waals surface area (Å²) >= 11 is 17.5. The molecule has 5 nitrogen and oxygen atoms in total. The van der Waals surface area contributed by atoms with Gasteiger partial charge in [-0.3, -0.25) is 4.79 Å². The number of piperidine rings is 1. The molecule has 0 aromatic heterocycles. The number of amides is 1. The largest absolute Gasteiger partial charge is 0.391 e. The zero-order valence-corrected chi connectivity index (χ0v) is 13.9. The fraction of sp³-hybridized carbons (Fsp3) is 0.417. The van der Waals surface area contributed by atoms with Gasteiger partial charge in [0, 0.05) is 6.04 Å². The molecule has 2 N–H and O–H groups in total. The molecule has 2 rings (SSSR count). The van der Waals surface area contributed by atoms with Crippen molar-refractivity contribution in [2.75, 3.05) is 0 Å². The van der Waals surface area contributed by atoms with Crippen LogP contribution in [0.4, 0.5) is 0 Å². The highest BCUT2D eigenvalue weighted by atomic mass is 35.5. The van der Waals surface area contributed by atoms with Gasteiger partial charge in [0.05, 0.1) is 26.1 Å². The van der Waals surface area contributed by atoms with E-state index in [9.17, 15) is 18.3 Å². The summed E-state index contributed by atoms with van der Waals surface area (Å²) in [5.41, 5.74) is 0. The third-order valence-electron chi connectivity index (χ3n) is 3.21. The predicted molar refractivity (Wildman–Crippen MR) is 80.7 cm³/mol. The second-order valence-electron chi connectivity index (χ2n) is 4.88. The monoisotopic (exact) mass is 371 g/mol. The molecule has 1 amide bonds. The number of hydrogen-bond donors (Lipinski definition) is 2. The van der Waals surface area contributed by atoms with Gasteiger partial charge in [-0.15, -0.1) is 0 Å². The molecule has 0 aliphatic carbocycles. The number of hydrogen-bond acceptors (Lipinski definition) is 4. The lowest BCUT2D eigenvalue weighted by molar-refractivity contribution is -0.125. The second-order valence-corrected chi connectivity index (χ2v) is 8.13. The molecule has 9 heteroatoms. The Morgan fingerprint density at radius 1 is 1.19 bits per heavy atom. The Morgan fingerprint density at radius 3 is 2.33 bits per heavy atom. The number of halogens is 3. The average Bonchev–Trinajstić information content (AvgIpc) is 2.31. The highest BCUT2D eigenvalue weighted by Crippen LogP contribution is 2.34. The molecule has 1 aliphatic heterocycles. The fourth-order valence-electron chi connectivity index (χ4n) is 2.25. The Morgan fingerprint density at radius 2 is 1.76 bits per heavy atom. The Labute approximate surface area is 137 Å². The van der Waals surface area contributed by atoms with Crippen LogP contribution >= 0.6 is 34.8 Å². The topological polar surface area (TPSA) is 83.5 Å². The SMILES string of the molecule is CC1CC(O)C(S(=O)(=O)c2cc(Cl)c(Cl)cc2Cl)C(=O)N1. The van der Waals surface area contributed by atoms with Gasteiger partial charge >= 0.3 is 0 Å². The van der Waals surface area contributed by atoms with Gasteiger partial charge in [-0.1, -0.05) is 34.8 Å². The van der Waals surface area contributed by atoms with Crippen molar-refractivity contribution in [3.05, 3.63) is 27.2 Å². The molecule has 1 aromatic carbocycles. The van der Waals surface area contributed by atoms with Crippen LogP contribution in [0.15, 0.2) is 17.0 Å². The van der Waals surface area contributed by atoms with Gasteiger partial charge in [-0.2, -0.15) is 0 Å². The number of rotatable bonds is 2. The van der Waals surface area contributed by atoms with E-state index < -0.39 is 27.1 Å². The Balaban J connectivity index is 2.52. The zero-order chi connectivity index (χ0) is 15.9. The van der Waals surface area contributed by atoms with Crippen LogP contribution in [-0.4, -0.2) is 36.8 Å². The first-order chi connectivity index (χ1) is 9.64. The Bertz CT molecular complexity index is 692. The van der Waals surface area contributed by atoms with E-state index in [0.717, 1.165) is 6.07 Å². The summed E-state index contributed by atoms with van der Waals surface area (Å²) in [5, 5.41) is 10.8. The van der Waals surface area contributed by atoms with Crippen molar-refractivity contribution in [3.8, 4) is 0 Å². The van der Waals surface area contributed by atoms with Crippen molar-refractivity contribution < 1.29 is 18.3 Å². The van der Waals surface area contributed by atoms with E-state index >= 15 is 0 Å². The smallest absolute Gasteiger partial charge is 0.241 e. The lowest BCUT2D eigenvalue weighted by atomic mass is 10.0. The van der Waals surface area contributed by atoms with Crippen molar-refractivity contribution in [3.63, 3.8) is 0 Å². The summed E-state index contributed by atoms with van der Waals surface area (Å²) < 4.78 is 25.2. The van der Waals surface area contributed by atoms with E-state index in [1.807, 2.05) is 0 Å². The number of aliphatic hydroxyl groups excluding tert-OH is 1. The fourth-order valence-corrected chi connectivity index (χ4v) is 4.95. The summed E-state index contributed by atoms with van der Waals surface area (Å²) in [4.78, 5) is 11.6. The molecule has 1 aliphatic rings. The molecule has 3 unspecified atom stereocenters. The lowest BCUT2D eigenvalue weighted by Crippen LogP contribution is -2.56. The summed E-state index contributed by atoms with van der Waals surface area (Å²) in [7, 11) is -4.19. The van der Waals surface area contributed by atoms with Crippen LogP contribution in [-0.2, 0) is 14.6 Å². The van der Waals surface area contributed by atoms with Crippen molar-refractivity contribution in [2.24, 2.45) is 0 Å². The number of carbonyl (C=O) groups is 1. The van der Waals surface area contributed by atoms with Crippen LogP contribution in [0.2, 0.25) is 15.1 Å². The van der Waals surface area contributed by atoms with Gasteiger partial charge in [0.15, 0.2) is 15.1 Å². The summed E-state index contributed by atoms with van der Waals surface area (Å²) in [5.74, 6) is -0.761. The van der Waals surface area contributed by atoms with E-state index in [1.165, 1.54) is 6.07 Å². The molecule has 3 atom stereocenters. The molecule has 0 saturated carbocycles. The quantitative estimate of drug-likeness (QED) is 0.778. The molecule has 21 heavy (non-hydrogen) atoms. The van der Waals surface area contributed by atoms with Crippen LogP contribution in [0, 0.1) is 0 Å². The third kappa shape index (κ3) is 3.14. The van der Waals surface area contributed by atoms with Crippen molar-refractivity contribution in [2.45, 2.75) is 35.6 Å². The van der Waals surface area contributed by atoms with Crippen LogP contribution in [0.25, 0.3) is 0 Å². The standard InChI is InChI=1S/C12H12Cl3NO4S/c1-5-2-9(17)11(12(18)16-5)21(19,20)10-4-7(14)6(13)3-8(10)15/h3-5,9,11,17H,2H2,1H3,(H,16,18). The number of benzene rings is 1. The van der Waals surface area contributed by atoms with Gasteiger partial charge in [0.25, 0.3) is 0 Å². The van der Waals surface area contributed by atoms with Crippen LogP contribution in [0.3, 0.4) is 0 Å². The van der Waals surface area contributed by atoms with Gasteiger partial charge in [0.1, 0.15) is 0 Å². The molecule has 0 bridgehead atoms. The number of nitrogens with one attached hydrogen (secondary N) is 1. The first-order valence-corrected chi connectivity index (χ1v) is 8.69. The minimum atomic E-state index is -4.19. The third-order valence-corrected chi connectivity index (χ3v) is 6.50. The Kier molecular flexibility index (Phi) is 4.75. The van der Waals surface area contributed by atoms with Crippen LogP contribution in [0.1, 0.15) is 13.3 Å². The average molecular weight is 373 g/mol. The Hall–Kier alpha value is -0.530. The van der Waals surface area contributed by atoms with Crippen molar-refractivity contribution >= 4 is 50.5 Å². The molecule has 1 heterocycles. The lowest BCUT2D eigenvalue weighted by Gasteiger charge is -2.31. The maximum absolute atomic E-state index is 12.6. The van der Waals surface area contributed by atoms with Gasteiger partial charge in [0.2, 0.25) is 5.91 Å². The van der Waals surface area contributed by atoms with E-state index in [1.54, 1.807) is 6.92 Å². The molecule has 1 aromatic rings.